The molecular weight excluding hydrogens is 336 g/mol. The van der Waals surface area contributed by atoms with E-state index in [4.69, 9.17) is 10.5 Å². The Bertz CT molecular complexity index is 660. The van der Waals surface area contributed by atoms with Gasteiger partial charge in [-0.2, -0.15) is 0 Å². The van der Waals surface area contributed by atoms with Crippen molar-refractivity contribution in [1.82, 2.24) is 4.72 Å². The number of nitrogens with two attached hydrogens (primary N) is 1. The minimum Gasteiger partial charge on any atom is -0.398 e. The average molecular weight is 369 g/mol. The average Bonchev–Trinajstić information content (AvgIpc) is 2.54. The van der Waals surface area contributed by atoms with E-state index in [1.54, 1.807) is 12.1 Å². The Morgan fingerprint density at radius 1 is 1.20 bits per heavy atom. The second kappa shape index (κ2) is 8.52. The van der Waals surface area contributed by atoms with Crippen LogP contribution in [0.4, 0.5) is 5.69 Å². The lowest BCUT2D eigenvalue weighted by atomic mass is 9.84. The predicted molar refractivity (Wildman–Crippen MR) is 102 cm³/mol. The van der Waals surface area contributed by atoms with E-state index in [0.717, 1.165) is 12.0 Å². The lowest BCUT2D eigenvalue weighted by Gasteiger charge is -2.22. The molecular formula is C19H32N2O3S. The van der Waals surface area contributed by atoms with E-state index in [0.29, 0.717) is 18.2 Å². The zero-order valence-electron chi connectivity index (χ0n) is 15.7. The molecule has 0 radical (unpaired) electrons. The van der Waals surface area contributed by atoms with Crippen LogP contribution in [0.3, 0.4) is 0 Å². The summed E-state index contributed by atoms with van der Waals surface area (Å²) in [6.07, 6.45) is 7.34. The third-order valence-electron chi connectivity index (χ3n) is 4.59. The highest BCUT2D eigenvalue weighted by atomic mass is 32.2. The molecule has 0 atom stereocenters. The number of hydrogen-bond acceptors (Lipinski definition) is 4. The number of hydrogen-bond donors (Lipinski definition) is 2. The number of sulfonamides is 1. The van der Waals surface area contributed by atoms with Gasteiger partial charge in [0.05, 0.1) is 17.1 Å². The van der Waals surface area contributed by atoms with E-state index in [1.165, 1.54) is 32.1 Å². The molecule has 6 heteroatoms. The van der Waals surface area contributed by atoms with Gasteiger partial charge in [-0.3, -0.25) is 0 Å². The maximum Gasteiger partial charge on any atom is 0.240 e. The Hall–Kier alpha value is -1.11. The van der Waals surface area contributed by atoms with E-state index in [1.807, 2.05) is 26.8 Å². The summed E-state index contributed by atoms with van der Waals surface area (Å²) in [6, 6.07) is 5.09. The monoisotopic (exact) mass is 368 g/mol. The molecule has 1 fully saturated rings. The largest absolute Gasteiger partial charge is 0.398 e. The van der Waals surface area contributed by atoms with Crippen LogP contribution in [-0.4, -0.2) is 27.2 Å². The van der Waals surface area contributed by atoms with Crippen LogP contribution in [0.5, 0.6) is 0 Å². The fourth-order valence-electron chi connectivity index (χ4n) is 3.24. The van der Waals surface area contributed by atoms with E-state index in [2.05, 4.69) is 4.72 Å². The Kier molecular flexibility index (Phi) is 6.88. The van der Waals surface area contributed by atoms with Gasteiger partial charge in [-0.15, -0.1) is 0 Å². The minimum atomic E-state index is -3.56. The Morgan fingerprint density at radius 3 is 2.48 bits per heavy atom. The first kappa shape index (κ1) is 20.2. The number of rotatable bonds is 7. The second-order valence-corrected chi connectivity index (χ2v) is 9.69. The highest BCUT2D eigenvalue weighted by molar-refractivity contribution is 7.89. The van der Waals surface area contributed by atoms with Crippen molar-refractivity contribution >= 4 is 15.7 Å². The van der Waals surface area contributed by atoms with Crippen LogP contribution in [0, 0.1) is 5.92 Å². The maximum atomic E-state index is 12.4. The summed E-state index contributed by atoms with van der Waals surface area (Å²) in [5.41, 5.74) is 7.48. The van der Waals surface area contributed by atoms with Gasteiger partial charge in [0.15, 0.2) is 0 Å². The zero-order chi connectivity index (χ0) is 18.5. The van der Waals surface area contributed by atoms with Crippen molar-refractivity contribution in [3.8, 4) is 0 Å². The van der Waals surface area contributed by atoms with Gasteiger partial charge in [-0.25, -0.2) is 13.1 Å². The van der Waals surface area contributed by atoms with Gasteiger partial charge < -0.3 is 10.5 Å². The maximum absolute atomic E-state index is 12.4. The van der Waals surface area contributed by atoms with Gasteiger partial charge in [-0.1, -0.05) is 38.2 Å². The van der Waals surface area contributed by atoms with Gasteiger partial charge >= 0.3 is 0 Å². The molecule has 3 N–H and O–H groups in total. The zero-order valence-corrected chi connectivity index (χ0v) is 16.5. The highest BCUT2D eigenvalue weighted by Gasteiger charge is 2.18. The second-order valence-electron chi connectivity index (χ2n) is 7.93. The normalized spacial score (nSPS) is 16.9. The number of benzene rings is 1. The molecule has 0 saturated heterocycles. The number of ether oxygens (including phenoxy) is 1. The molecule has 0 unspecified atom stereocenters. The number of anilines is 1. The van der Waals surface area contributed by atoms with Crippen LogP contribution in [0.2, 0.25) is 0 Å². The van der Waals surface area contributed by atoms with Crippen LogP contribution >= 0.6 is 0 Å². The molecule has 0 aliphatic heterocycles. The molecule has 0 heterocycles. The standard InChI is InChI=1S/C19H32N2O3S/c1-19(2,3)24-12-11-21-25(22,23)17-10-9-16(18(20)14-17)13-15-7-5-4-6-8-15/h9-10,14-15,21H,4-8,11-13,20H2,1-3H3. The molecule has 0 spiro atoms. The van der Waals surface area contributed by atoms with Gasteiger partial charge in [0.25, 0.3) is 0 Å². The minimum absolute atomic E-state index is 0.216. The van der Waals surface area contributed by atoms with Crippen LogP contribution < -0.4 is 10.5 Å². The van der Waals surface area contributed by atoms with E-state index in [9.17, 15) is 8.42 Å². The van der Waals surface area contributed by atoms with E-state index in [-0.39, 0.29) is 17.0 Å². The van der Waals surface area contributed by atoms with Crippen molar-refractivity contribution < 1.29 is 13.2 Å². The summed E-state index contributed by atoms with van der Waals surface area (Å²) in [4.78, 5) is 0.216. The van der Waals surface area contributed by atoms with Gasteiger partial charge in [0, 0.05) is 12.2 Å². The first-order valence-electron chi connectivity index (χ1n) is 9.19. The van der Waals surface area contributed by atoms with Crippen LogP contribution in [0.15, 0.2) is 23.1 Å². The van der Waals surface area contributed by atoms with Crippen molar-refractivity contribution in [3.63, 3.8) is 0 Å². The summed E-state index contributed by atoms with van der Waals surface area (Å²) < 4.78 is 32.9. The fraction of sp³-hybridized carbons (Fsp3) is 0.684. The molecule has 1 aliphatic rings. The molecule has 0 aromatic heterocycles. The summed E-state index contributed by atoms with van der Waals surface area (Å²) in [7, 11) is -3.56. The van der Waals surface area contributed by atoms with Crippen LogP contribution in [-0.2, 0) is 21.2 Å². The topological polar surface area (TPSA) is 81.4 Å². The van der Waals surface area contributed by atoms with Crippen molar-refractivity contribution in [1.29, 1.82) is 0 Å². The van der Waals surface area contributed by atoms with Gasteiger partial charge in [0.1, 0.15) is 0 Å². The molecule has 0 bridgehead atoms. The van der Waals surface area contributed by atoms with Crippen molar-refractivity contribution in [2.24, 2.45) is 5.92 Å². The van der Waals surface area contributed by atoms with Crippen molar-refractivity contribution in [3.05, 3.63) is 23.8 Å². The lowest BCUT2D eigenvalue weighted by molar-refractivity contribution is 0.000790. The number of nitrogen functional groups attached to an aromatic ring is 1. The van der Waals surface area contributed by atoms with Crippen molar-refractivity contribution in [2.75, 3.05) is 18.9 Å². The quantitative estimate of drug-likeness (QED) is 0.570. The third-order valence-corrected chi connectivity index (χ3v) is 6.05. The van der Waals surface area contributed by atoms with Crippen LogP contribution in [0.25, 0.3) is 0 Å². The molecule has 1 aromatic carbocycles. The molecule has 25 heavy (non-hydrogen) atoms. The van der Waals surface area contributed by atoms with E-state index < -0.39 is 10.0 Å². The van der Waals surface area contributed by atoms with Crippen molar-refractivity contribution in [2.45, 2.75) is 69.8 Å². The summed E-state index contributed by atoms with van der Waals surface area (Å²) in [5, 5.41) is 0. The SMILES string of the molecule is CC(C)(C)OCCNS(=O)(=O)c1ccc(CC2CCCCC2)c(N)c1. The predicted octanol–water partition coefficient (Wildman–Crippen LogP) is 3.49. The molecule has 2 rings (SSSR count). The number of nitrogens with one attached hydrogen (secondary N) is 1. The highest BCUT2D eigenvalue weighted by Crippen LogP contribution is 2.29. The summed E-state index contributed by atoms with van der Waals surface area (Å²) >= 11 is 0. The van der Waals surface area contributed by atoms with Crippen LogP contribution in [0.1, 0.15) is 58.4 Å². The fourth-order valence-corrected chi connectivity index (χ4v) is 4.29. The smallest absolute Gasteiger partial charge is 0.240 e. The molecule has 142 valence electrons. The first-order chi connectivity index (χ1) is 11.7. The first-order valence-corrected chi connectivity index (χ1v) is 10.7. The Morgan fingerprint density at radius 2 is 1.88 bits per heavy atom. The van der Waals surface area contributed by atoms with Gasteiger partial charge in [-0.05, 0) is 50.8 Å². The molecule has 5 nitrogen and oxygen atoms in total. The lowest BCUT2D eigenvalue weighted by Crippen LogP contribution is -2.30. The Balaban J connectivity index is 1.95. The summed E-state index contributed by atoms with van der Waals surface area (Å²) in [5.74, 6) is 0.672. The Labute approximate surface area is 152 Å². The molecule has 1 aromatic rings. The molecule has 1 saturated carbocycles. The summed E-state index contributed by atoms with van der Waals surface area (Å²) in [6.45, 7) is 6.38. The molecule has 1 aliphatic carbocycles. The van der Waals surface area contributed by atoms with Gasteiger partial charge in [0.2, 0.25) is 10.0 Å². The third kappa shape index (κ3) is 6.60. The van der Waals surface area contributed by atoms with E-state index >= 15 is 0 Å². The molecule has 0 amide bonds.